The van der Waals surface area contributed by atoms with Gasteiger partial charge < -0.3 is 0 Å². The van der Waals surface area contributed by atoms with E-state index in [0.717, 1.165) is 11.6 Å². The highest BCUT2D eigenvalue weighted by Crippen LogP contribution is 2.28. The third-order valence-electron chi connectivity index (χ3n) is 2.18. The molecule has 1 saturated carbocycles. The second kappa shape index (κ2) is 6.16. The van der Waals surface area contributed by atoms with Crippen LogP contribution >= 0.6 is 9.24 Å². The van der Waals surface area contributed by atoms with E-state index < -0.39 is 0 Å². The average molecular weight is 160 g/mol. The molecule has 0 nitrogen and oxygen atoms in total. The number of hydrogen-bond donors (Lipinski definition) is 0. The molecule has 3 unspecified atom stereocenters. The molecule has 1 heteroatoms. The highest BCUT2D eigenvalue weighted by molar-refractivity contribution is 7.17. The predicted octanol–water partition coefficient (Wildman–Crippen LogP) is 3.47. The van der Waals surface area contributed by atoms with Crippen molar-refractivity contribution in [3.63, 3.8) is 0 Å². The summed E-state index contributed by atoms with van der Waals surface area (Å²) < 4.78 is 0. The maximum Gasteiger partial charge on any atom is -0.0238 e. The molecule has 1 fully saturated rings. The Kier molecular flexibility index (Phi) is 6.43. The van der Waals surface area contributed by atoms with Gasteiger partial charge in [-0.1, -0.05) is 40.0 Å². The molecule has 0 heterocycles. The van der Waals surface area contributed by atoms with Crippen molar-refractivity contribution in [2.75, 3.05) is 0 Å². The summed E-state index contributed by atoms with van der Waals surface area (Å²) in [6.07, 6.45) is 5.81. The van der Waals surface area contributed by atoms with Gasteiger partial charge in [0.25, 0.3) is 0 Å². The first-order valence-electron chi connectivity index (χ1n) is 4.56. The smallest absolute Gasteiger partial charge is 0.0238 e. The Labute approximate surface area is 68.0 Å². The van der Waals surface area contributed by atoms with Crippen LogP contribution < -0.4 is 0 Å². The standard InChI is InChI=1S/C7H15P.C2H6/c1-6-4-2-3-5-7(6)8;1-2/h6-7H,2-5,8H2,1H3;1-2H3. The van der Waals surface area contributed by atoms with E-state index >= 15 is 0 Å². The van der Waals surface area contributed by atoms with Gasteiger partial charge >= 0.3 is 0 Å². The Bertz CT molecular complexity index is 61.1. The quantitative estimate of drug-likeness (QED) is 0.476. The molecular weight excluding hydrogens is 139 g/mol. The van der Waals surface area contributed by atoms with Crippen molar-refractivity contribution >= 4 is 9.24 Å². The van der Waals surface area contributed by atoms with Gasteiger partial charge in [-0.3, -0.25) is 0 Å². The summed E-state index contributed by atoms with van der Waals surface area (Å²) in [4.78, 5) is 0. The fourth-order valence-electron chi connectivity index (χ4n) is 1.34. The van der Waals surface area contributed by atoms with E-state index in [1.54, 1.807) is 0 Å². The SMILES string of the molecule is CC.CC1CCCCC1P. The third-order valence-corrected chi connectivity index (χ3v) is 3.17. The second-order valence-corrected chi connectivity index (χ2v) is 3.78. The topological polar surface area (TPSA) is 0 Å². The molecule has 0 aromatic heterocycles. The molecule has 0 aromatic rings. The molecule has 1 aliphatic carbocycles. The summed E-state index contributed by atoms with van der Waals surface area (Å²) in [6, 6.07) is 0. The molecule has 0 aromatic carbocycles. The van der Waals surface area contributed by atoms with Gasteiger partial charge in [-0.2, -0.15) is 0 Å². The van der Waals surface area contributed by atoms with Crippen molar-refractivity contribution < 1.29 is 0 Å². The fourth-order valence-corrected chi connectivity index (χ4v) is 1.77. The van der Waals surface area contributed by atoms with Crippen LogP contribution in [0.3, 0.4) is 0 Å². The summed E-state index contributed by atoms with van der Waals surface area (Å²) in [5.41, 5.74) is 0.920. The van der Waals surface area contributed by atoms with Crippen LogP contribution in [0.5, 0.6) is 0 Å². The summed E-state index contributed by atoms with van der Waals surface area (Å²) >= 11 is 0. The lowest BCUT2D eigenvalue weighted by Crippen LogP contribution is -2.15. The van der Waals surface area contributed by atoms with Gasteiger partial charge in [-0.15, -0.1) is 9.24 Å². The minimum Gasteiger partial charge on any atom is -0.134 e. The van der Waals surface area contributed by atoms with Crippen LogP contribution in [0.2, 0.25) is 0 Å². The molecule has 0 bridgehead atoms. The first kappa shape index (κ1) is 10.4. The molecule has 62 valence electrons. The Morgan fingerprint density at radius 3 is 1.90 bits per heavy atom. The van der Waals surface area contributed by atoms with Crippen molar-refractivity contribution in [2.45, 2.75) is 52.1 Å². The molecule has 0 radical (unpaired) electrons. The van der Waals surface area contributed by atoms with E-state index in [2.05, 4.69) is 16.2 Å². The molecular formula is C9H21P. The first-order valence-corrected chi connectivity index (χ1v) is 5.23. The molecule has 0 aliphatic heterocycles. The Morgan fingerprint density at radius 2 is 1.60 bits per heavy atom. The molecule has 0 saturated heterocycles. The van der Waals surface area contributed by atoms with Crippen LogP contribution in [-0.4, -0.2) is 5.66 Å². The van der Waals surface area contributed by atoms with E-state index in [9.17, 15) is 0 Å². The van der Waals surface area contributed by atoms with E-state index in [0.29, 0.717) is 0 Å². The zero-order valence-electron chi connectivity index (χ0n) is 7.56. The minimum atomic E-state index is 0.920. The van der Waals surface area contributed by atoms with E-state index in [1.807, 2.05) is 13.8 Å². The Hall–Kier alpha value is 0.430. The molecule has 0 N–H and O–H groups in total. The Balaban J connectivity index is 0.000000371. The average Bonchev–Trinajstić information content (AvgIpc) is 2.00. The number of hydrogen-bond acceptors (Lipinski definition) is 0. The van der Waals surface area contributed by atoms with Gasteiger partial charge in [0.15, 0.2) is 0 Å². The maximum atomic E-state index is 2.95. The lowest BCUT2D eigenvalue weighted by atomic mass is 9.90. The Morgan fingerprint density at radius 1 is 1.10 bits per heavy atom. The van der Waals surface area contributed by atoms with Crippen LogP contribution in [-0.2, 0) is 0 Å². The lowest BCUT2D eigenvalue weighted by molar-refractivity contribution is 0.397. The zero-order chi connectivity index (χ0) is 7.98. The maximum absolute atomic E-state index is 2.95. The van der Waals surface area contributed by atoms with Gasteiger partial charge in [0, 0.05) is 0 Å². The highest BCUT2D eigenvalue weighted by atomic mass is 31.0. The van der Waals surface area contributed by atoms with Gasteiger partial charge in [-0.05, 0) is 18.0 Å². The summed E-state index contributed by atoms with van der Waals surface area (Å²) in [5.74, 6) is 0.966. The minimum absolute atomic E-state index is 0.920. The lowest BCUT2D eigenvalue weighted by Gasteiger charge is -2.24. The number of rotatable bonds is 0. The summed E-state index contributed by atoms with van der Waals surface area (Å²) in [6.45, 7) is 6.36. The first-order chi connectivity index (χ1) is 4.80. The normalized spacial score (nSPS) is 32.4. The monoisotopic (exact) mass is 160 g/mol. The van der Waals surface area contributed by atoms with E-state index in [1.165, 1.54) is 25.7 Å². The van der Waals surface area contributed by atoms with Gasteiger partial charge in [0.2, 0.25) is 0 Å². The van der Waals surface area contributed by atoms with Crippen molar-refractivity contribution in [3.05, 3.63) is 0 Å². The van der Waals surface area contributed by atoms with Crippen LogP contribution in [0.25, 0.3) is 0 Å². The van der Waals surface area contributed by atoms with Crippen molar-refractivity contribution in [1.82, 2.24) is 0 Å². The summed E-state index contributed by atoms with van der Waals surface area (Å²) in [5, 5.41) is 0. The summed E-state index contributed by atoms with van der Waals surface area (Å²) in [7, 11) is 2.95. The van der Waals surface area contributed by atoms with Crippen LogP contribution in [0.15, 0.2) is 0 Å². The van der Waals surface area contributed by atoms with Crippen molar-refractivity contribution in [2.24, 2.45) is 5.92 Å². The molecule has 10 heavy (non-hydrogen) atoms. The zero-order valence-corrected chi connectivity index (χ0v) is 8.72. The molecule has 1 rings (SSSR count). The van der Waals surface area contributed by atoms with E-state index in [-0.39, 0.29) is 0 Å². The van der Waals surface area contributed by atoms with Gasteiger partial charge in [0.05, 0.1) is 0 Å². The predicted molar refractivity (Wildman–Crippen MR) is 52.5 cm³/mol. The van der Waals surface area contributed by atoms with Crippen molar-refractivity contribution in [1.29, 1.82) is 0 Å². The fraction of sp³-hybridized carbons (Fsp3) is 1.00. The molecule has 0 spiro atoms. The van der Waals surface area contributed by atoms with Crippen LogP contribution in [0, 0.1) is 5.92 Å². The van der Waals surface area contributed by atoms with Gasteiger partial charge in [-0.25, -0.2) is 0 Å². The molecule has 3 atom stereocenters. The molecule has 0 amide bonds. The van der Waals surface area contributed by atoms with Crippen molar-refractivity contribution in [3.8, 4) is 0 Å². The molecule has 1 aliphatic rings. The van der Waals surface area contributed by atoms with Crippen LogP contribution in [0.1, 0.15) is 46.5 Å². The van der Waals surface area contributed by atoms with E-state index in [4.69, 9.17) is 0 Å². The largest absolute Gasteiger partial charge is 0.134 e. The second-order valence-electron chi connectivity index (χ2n) is 2.93. The third kappa shape index (κ3) is 3.56. The van der Waals surface area contributed by atoms with Gasteiger partial charge in [0.1, 0.15) is 0 Å². The highest BCUT2D eigenvalue weighted by Gasteiger charge is 2.15. The van der Waals surface area contributed by atoms with Crippen LogP contribution in [0.4, 0.5) is 0 Å².